The summed E-state index contributed by atoms with van der Waals surface area (Å²) in [6.45, 7) is 3.04. The van der Waals surface area contributed by atoms with Gasteiger partial charge in [-0.05, 0) is 32.4 Å². The minimum atomic E-state index is 0.767. The van der Waals surface area contributed by atoms with Gasteiger partial charge in [-0.3, -0.25) is 0 Å². The van der Waals surface area contributed by atoms with Crippen molar-refractivity contribution in [3.63, 3.8) is 0 Å². The van der Waals surface area contributed by atoms with Crippen LogP contribution in [0.2, 0.25) is 0 Å². The average Bonchev–Trinajstić information content (AvgIpc) is 1.91. The van der Waals surface area contributed by atoms with Crippen LogP contribution in [0, 0.1) is 5.92 Å². The summed E-state index contributed by atoms with van der Waals surface area (Å²) in [6, 6.07) is 0. The molecule has 9 heavy (non-hydrogen) atoms. The molecule has 1 saturated heterocycles. The molecule has 0 aromatic rings. The van der Waals surface area contributed by atoms with Gasteiger partial charge in [0.1, 0.15) is 0 Å². The van der Waals surface area contributed by atoms with Gasteiger partial charge in [-0.15, -0.1) is 0 Å². The van der Waals surface area contributed by atoms with Gasteiger partial charge < -0.3 is 10.1 Å². The minimum Gasteiger partial charge on any atom is -0.381 e. The molecule has 1 rings (SSSR count). The van der Waals surface area contributed by atoms with Crippen molar-refractivity contribution in [2.45, 2.75) is 12.8 Å². The number of ether oxygens (including phenoxy) is 1. The van der Waals surface area contributed by atoms with Crippen LogP contribution in [0.1, 0.15) is 12.8 Å². The summed E-state index contributed by atoms with van der Waals surface area (Å²) in [5.41, 5.74) is 0. The molecule has 0 bridgehead atoms. The van der Waals surface area contributed by atoms with Gasteiger partial charge in [0.05, 0.1) is 6.61 Å². The van der Waals surface area contributed by atoms with Crippen LogP contribution in [0.25, 0.3) is 0 Å². The van der Waals surface area contributed by atoms with E-state index in [0.29, 0.717) is 0 Å². The highest BCUT2D eigenvalue weighted by molar-refractivity contribution is 4.63. The molecule has 1 heterocycles. The topological polar surface area (TPSA) is 21.3 Å². The highest BCUT2D eigenvalue weighted by atomic mass is 16.5. The van der Waals surface area contributed by atoms with Crippen molar-refractivity contribution in [1.29, 1.82) is 0 Å². The molecule has 1 aliphatic rings. The Kier molecular flexibility index (Phi) is 3.01. The second-order valence-electron chi connectivity index (χ2n) is 2.64. The standard InChI is InChI=1S/C7H15NO/c1-8-5-7-3-2-4-9-6-7/h7-8H,2-6H2,1H3. The fraction of sp³-hybridized carbons (Fsp3) is 1.00. The summed E-state index contributed by atoms with van der Waals surface area (Å²) in [4.78, 5) is 0. The van der Waals surface area contributed by atoms with Crippen LogP contribution in [-0.4, -0.2) is 26.8 Å². The van der Waals surface area contributed by atoms with E-state index in [1.807, 2.05) is 7.05 Å². The molecule has 0 aromatic heterocycles. The highest BCUT2D eigenvalue weighted by Crippen LogP contribution is 2.11. The predicted octanol–water partition coefficient (Wildman–Crippen LogP) is 0.632. The monoisotopic (exact) mass is 129 g/mol. The molecular weight excluding hydrogens is 114 g/mol. The highest BCUT2D eigenvalue weighted by Gasteiger charge is 2.11. The second kappa shape index (κ2) is 3.85. The minimum absolute atomic E-state index is 0.767. The molecule has 54 valence electrons. The molecule has 0 amide bonds. The van der Waals surface area contributed by atoms with Gasteiger partial charge in [0, 0.05) is 6.61 Å². The molecule has 0 spiro atoms. The molecule has 0 aromatic carbocycles. The molecular formula is C7H15NO. The van der Waals surface area contributed by atoms with Crippen LogP contribution in [0.3, 0.4) is 0 Å². The third-order valence-electron chi connectivity index (χ3n) is 1.75. The molecule has 1 aliphatic heterocycles. The van der Waals surface area contributed by atoms with Crippen molar-refractivity contribution < 1.29 is 4.74 Å². The maximum absolute atomic E-state index is 5.29. The summed E-state index contributed by atoms with van der Waals surface area (Å²) in [5, 5.41) is 3.16. The van der Waals surface area contributed by atoms with Crippen LogP contribution in [0.5, 0.6) is 0 Å². The lowest BCUT2D eigenvalue weighted by molar-refractivity contribution is 0.0556. The molecule has 0 radical (unpaired) electrons. The van der Waals surface area contributed by atoms with Crippen LogP contribution in [-0.2, 0) is 4.74 Å². The fourth-order valence-corrected chi connectivity index (χ4v) is 1.26. The number of hydrogen-bond donors (Lipinski definition) is 1. The van der Waals surface area contributed by atoms with Crippen molar-refractivity contribution in [3.05, 3.63) is 0 Å². The average molecular weight is 129 g/mol. The zero-order valence-electron chi connectivity index (χ0n) is 6.02. The summed E-state index contributed by atoms with van der Waals surface area (Å²) in [5.74, 6) is 0.767. The molecule has 0 aliphatic carbocycles. The van der Waals surface area contributed by atoms with E-state index in [4.69, 9.17) is 4.74 Å². The first-order chi connectivity index (χ1) is 4.43. The molecule has 1 unspecified atom stereocenters. The van der Waals surface area contributed by atoms with E-state index >= 15 is 0 Å². The summed E-state index contributed by atoms with van der Waals surface area (Å²) in [7, 11) is 1.99. The first kappa shape index (κ1) is 7.03. The maximum Gasteiger partial charge on any atom is 0.0506 e. The Morgan fingerprint density at radius 2 is 2.56 bits per heavy atom. The van der Waals surface area contributed by atoms with Crippen molar-refractivity contribution in [2.75, 3.05) is 26.8 Å². The summed E-state index contributed by atoms with van der Waals surface area (Å²) < 4.78 is 5.29. The van der Waals surface area contributed by atoms with Gasteiger partial charge in [0.15, 0.2) is 0 Å². The van der Waals surface area contributed by atoms with Crippen LogP contribution in [0.15, 0.2) is 0 Å². The molecule has 1 fully saturated rings. The van der Waals surface area contributed by atoms with Gasteiger partial charge in [0.25, 0.3) is 0 Å². The number of rotatable bonds is 2. The Hall–Kier alpha value is -0.0800. The van der Waals surface area contributed by atoms with E-state index in [-0.39, 0.29) is 0 Å². The normalized spacial score (nSPS) is 28.3. The SMILES string of the molecule is CNCC1CCCOC1. The van der Waals surface area contributed by atoms with Crippen molar-refractivity contribution in [2.24, 2.45) is 5.92 Å². The molecule has 1 atom stereocenters. The summed E-state index contributed by atoms with van der Waals surface area (Å²) in [6.07, 6.45) is 2.58. The van der Waals surface area contributed by atoms with E-state index in [9.17, 15) is 0 Å². The smallest absolute Gasteiger partial charge is 0.0506 e. The zero-order chi connectivity index (χ0) is 6.53. The Balaban J connectivity index is 2.08. The van der Waals surface area contributed by atoms with Crippen LogP contribution in [0.4, 0.5) is 0 Å². The van der Waals surface area contributed by atoms with Gasteiger partial charge in [0.2, 0.25) is 0 Å². The van der Waals surface area contributed by atoms with Gasteiger partial charge in [-0.2, -0.15) is 0 Å². The first-order valence-electron chi connectivity index (χ1n) is 3.66. The molecule has 2 nitrogen and oxygen atoms in total. The lowest BCUT2D eigenvalue weighted by Crippen LogP contribution is -2.26. The van der Waals surface area contributed by atoms with Gasteiger partial charge >= 0.3 is 0 Å². The quantitative estimate of drug-likeness (QED) is 0.590. The van der Waals surface area contributed by atoms with Gasteiger partial charge in [-0.25, -0.2) is 0 Å². The van der Waals surface area contributed by atoms with Crippen LogP contribution >= 0.6 is 0 Å². The Morgan fingerprint density at radius 3 is 3.11 bits per heavy atom. The van der Waals surface area contributed by atoms with Crippen molar-refractivity contribution in [3.8, 4) is 0 Å². The molecule has 2 heteroatoms. The largest absolute Gasteiger partial charge is 0.381 e. The van der Waals surface area contributed by atoms with Gasteiger partial charge in [-0.1, -0.05) is 0 Å². The number of hydrogen-bond acceptors (Lipinski definition) is 2. The van der Waals surface area contributed by atoms with E-state index in [1.165, 1.54) is 12.8 Å². The van der Waals surface area contributed by atoms with E-state index in [1.54, 1.807) is 0 Å². The predicted molar refractivity (Wildman–Crippen MR) is 37.5 cm³/mol. The van der Waals surface area contributed by atoms with E-state index < -0.39 is 0 Å². The van der Waals surface area contributed by atoms with E-state index in [2.05, 4.69) is 5.32 Å². The number of nitrogens with one attached hydrogen (secondary N) is 1. The molecule has 0 saturated carbocycles. The third-order valence-corrected chi connectivity index (χ3v) is 1.75. The lowest BCUT2D eigenvalue weighted by atomic mass is 10.0. The second-order valence-corrected chi connectivity index (χ2v) is 2.64. The Morgan fingerprint density at radius 1 is 1.67 bits per heavy atom. The third kappa shape index (κ3) is 2.33. The fourth-order valence-electron chi connectivity index (χ4n) is 1.26. The maximum atomic E-state index is 5.29. The Labute approximate surface area is 56.6 Å². The van der Waals surface area contributed by atoms with Crippen molar-refractivity contribution in [1.82, 2.24) is 5.32 Å². The Bertz CT molecular complexity index is 66.6. The van der Waals surface area contributed by atoms with Crippen molar-refractivity contribution >= 4 is 0 Å². The summed E-state index contributed by atoms with van der Waals surface area (Å²) >= 11 is 0. The lowest BCUT2D eigenvalue weighted by Gasteiger charge is -2.21. The molecule has 1 N–H and O–H groups in total. The van der Waals surface area contributed by atoms with E-state index in [0.717, 1.165) is 25.7 Å². The first-order valence-corrected chi connectivity index (χ1v) is 3.66. The zero-order valence-corrected chi connectivity index (χ0v) is 6.02. The van der Waals surface area contributed by atoms with Crippen LogP contribution < -0.4 is 5.32 Å².